The van der Waals surface area contributed by atoms with Crippen LogP contribution in [0.4, 0.5) is 0 Å². The second kappa shape index (κ2) is 9.15. The molecule has 0 amide bonds. The average Bonchev–Trinajstić information content (AvgIpc) is 3.33. The van der Waals surface area contributed by atoms with Crippen molar-refractivity contribution in [3.63, 3.8) is 0 Å². The Morgan fingerprint density at radius 1 is 1.28 bits per heavy atom. The molecule has 2 aliphatic heterocycles. The second-order valence-corrected chi connectivity index (χ2v) is 7.98. The molecule has 1 saturated heterocycles. The molecule has 1 aromatic carbocycles. The van der Waals surface area contributed by atoms with Gasteiger partial charge in [-0.15, -0.1) is 0 Å². The third-order valence-electron chi connectivity index (χ3n) is 4.71. The molecule has 0 radical (unpaired) electrons. The van der Waals surface area contributed by atoms with Crippen LogP contribution in [0.25, 0.3) is 0 Å². The van der Waals surface area contributed by atoms with Crippen molar-refractivity contribution >= 4 is 16.8 Å². The van der Waals surface area contributed by atoms with E-state index in [1.54, 1.807) is 0 Å². The van der Waals surface area contributed by atoms with Crippen LogP contribution in [0.2, 0.25) is 0 Å². The van der Waals surface area contributed by atoms with Crippen LogP contribution in [0, 0.1) is 0 Å². The summed E-state index contributed by atoms with van der Waals surface area (Å²) < 4.78 is 12.3. The molecule has 2 aliphatic rings. The fourth-order valence-corrected chi connectivity index (χ4v) is 4.33. The number of hydrogen-bond acceptors (Lipinski definition) is 3. The molecule has 136 valence electrons. The number of aliphatic imine (C=N–C) groups is 1. The van der Waals surface area contributed by atoms with Gasteiger partial charge in [0.15, 0.2) is 5.96 Å². The number of guanidine groups is 1. The van der Waals surface area contributed by atoms with Crippen molar-refractivity contribution in [3.8, 4) is 0 Å². The summed E-state index contributed by atoms with van der Waals surface area (Å²) in [6.45, 7) is 7.73. The Labute approximate surface area is 153 Å². The van der Waals surface area contributed by atoms with E-state index in [4.69, 9.17) is 4.99 Å². The van der Waals surface area contributed by atoms with Crippen LogP contribution in [-0.4, -0.2) is 71.0 Å². The molecule has 0 bridgehead atoms. The van der Waals surface area contributed by atoms with Gasteiger partial charge in [0.25, 0.3) is 0 Å². The number of rotatable bonds is 6. The topological polar surface area (TPSA) is 47.9 Å². The van der Waals surface area contributed by atoms with E-state index in [1.165, 1.54) is 6.42 Å². The van der Waals surface area contributed by atoms with Crippen LogP contribution < -0.4 is 5.32 Å². The summed E-state index contributed by atoms with van der Waals surface area (Å²) in [7, 11) is -0.984. The van der Waals surface area contributed by atoms with E-state index >= 15 is 0 Å². The largest absolute Gasteiger partial charge is 0.357 e. The SMILES string of the molecule is CCNC(=NCCS(=O)c1ccccc1)N1CCC(N2CC=CC2)C1. The summed E-state index contributed by atoms with van der Waals surface area (Å²) in [4.78, 5) is 10.5. The maximum atomic E-state index is 12.3. The van der Waals surface area contributed by atoms with Gasteiger partial charge in [0.1, 0.15) is 0 Å². The fourth-order valence-electron chi connectivity index (χ4n) is 3.38. The van der Waals surface area contributed by atoms with E-state index in [-0.39, 0.29) is 0 Å². The molecule has 25 heavy (non-hydrogen) atoms. The number of hydrogen-bond donors (Lipinski definition) is 1. The van der Waals surface area contributed by atoms with Crippen molar-refractivity contribution in [3.05, 3.63) is 42.5 Å². The van der Waals surface area contributed by atoms with Gasteiger partial charge in [-0.25, -0.2) is 0 Å². The maximum Gasteiger partial charge on any atom is 0.193 e. The van der Waals surface area contributed by atoms with Crippen LogP contribution in [0.15, 0.2) is 52.4 Å². The van der Waals surface area contributed by atoms with Crippen LogP contribution in [0.3, 0.4) is 0 Å². The van der Waals surface area contributed by atoms with Gasteiger partial charge in [-0.3, -0.25) is 14.1 Å². The standard InChI is InChI=1S/C19H28N4OS/c1-2-20-19(21-11-15-25(24)18-8-4-3-5-9-18)23-14-10-17(16-23)22-12-6-7-13-22/h3-9,17H,2,10-16H2,1H3,(H,20,21). The van der Waals surface area contributed by atoms with Gasteiger partial charge >= 0.3 is 0 Å². The predicted octanol–water partition coefficient (Wildman–Crippen LogP) is 1.71. The van der Waals surface area contributed by atoms with E-state index in [9.17, 15) is 4.21 Å². The molecule has 0 saturated carbocycles. The van der Waals surface area contributed by atoms with E-state index < -0.39 is 10.8 Å². The second-order valence-electron chi connectivity index (χ2n) is 6.41. The highest BCUT2D eigenvalue weighted by atomic mass is 32.2. The molecular formula is C19H28N4OS. The molecule has 0 aromatic heterocycles. The highest BCUT2D eigenvalue weighted by Crippen LogP contribution is 2.18. The van der Waals surface area contributed by atoms with Crippen molar-refractivity contribution in [2.45, 2.75) is 24.3 Å². The van der Waals surface area contributed by atoms with Gasteiger partial charge in [0.2, 0.25) is 0 Å². The third-order valence-corrected chi connectivity index (χ3v) is 6.06. The zero-order valence-electron chi connectivity index (χ0n) is 14.9. The number of benzene rings is 1. The molecule has 3 rings (SSSR count). The van der Waals surface area contributed by atoms with E-state index in [1.807, 2.05) is 30.3 Å². The summed E-state index contributed by atoms with van der Waals surface area (Å²) in [6.07, 6.45) is 5.68. The minimum atomic E-state index is -0.984. The first kappa shape index (κ1) is 18.1. The molecule has 5 nitrogen and oxygen atoms in total. The highest BCUT2D eigenvalue weighted by molar-refractivity contribution is 7.85. The maximum absolute atomic E-state index is 12.3. The zero-order valence-corrected chi connectivity index (χ0v) is 15.8. The molecule has 2 atom stereocenters. The minimum Gasteiger partial charge on any atom is -0.357 e. The Balaban J connectivity index is 1.53. The average molecular weight is 361 g/mol. The van der Waals surface area contributed by atoms with Crippen LogP contribution in [0.5, 0.6) is 0 Å². The first-order valence-electron chi connectivity index (χ1n) is 9.13. The van der Waals surface area contributed by atoms with Gasteiger partial charge in [0.05, 0.1) is 17.3 Å². The molecule has 0 aliphatic carbocycles. The van der Waals surface area contributed by atoms with E-state index in [2.05, 4.69) is 34.2 Å². The first-order valence-corrected chi connectivity index (χ1v) is 10.5. The molecular weight excluding hydrogens is 332 g/mol. The van der Waals surface area contributed by atoms with Crippen LogP contribution in [-0.2, 0) is 10.8 Å². The number of nitrogens with zero attached hydrogens (tertiary/aromatic N) is 3. The Morgan fingerprint density at radius 2 is 2.04 bits per heavy atom. The molecule has 1 fully saturated rings. The Morgan fingerprint density at radius 3 is 2.76 bits per heavy atom. The smallest absolute Gasteiger partial charge is 0.193 e. The monoisotopic (exact) mass is 360 g/mol. The summed E-state index contributed by atoms with van der Waals surface area (Å²) in [5, 5.41) is 3.39. The van der Waals surface area contributed by atoms with Gasteiger partial charge in [0, 0.05) is 49.4 Å². The minimum absolute atomic E-state index is 0.562. The van der Waals surface area contributed by atoms with Gasteiger partial charge < -0.3 is 10.2 Å². The molecule has 6 heteroatoms. The number of likely N-dealkylation sites (tertiary alicyclic amines) is 1. The third kappa shape index (κ3) is 4.92. The molecule has 1 N–H and O–H groups in total. The lowest BCUT2D eigenvalue weighted by molar-refractivity contribution is 0.259. The number of nitrogens with one attached hydrogen (secondary N) is 1. The quantitative estimate of drug-likeness (QED) is 0.477. The van der Waals surface area contributed by atoms with Crippen molar-refractivity contribution in [2.75, 3.05) is 45.0 Å². The highest BCUT2D eigenvalue weighted by Gasteiger charge is 2.29. The Hall–Kier alpha value is -1.66. The Bertz CT molecular complexity index is 624. The molecule has 0 spiro atoms. The van der Waals surface area contributed by atoms with Crippen LogP contribution >= 0.6 is 0 Å². The van der Waals surface area contributed by atoms with Gasteiger partial charge in [-0.05, 0) is 25.5 Å². The Kier molecular flexibility index (Phi) is 6.64. The zero-order chi connectivity index (χ0) is 17.5. The summed E-state index contributed by atoms with van der Waals surface area (Å²) in [6, 6.07) is 10.2. The fraction of sp³-hybridized carbons (Fsp3) is 0.526. The summed E-state index contributed by atoms with van der Waals surface area (Å²) in [5.74, 6) is 1.52. The van der Waals surface area contributed by atoms with E-state index in [0.717, 1.165) is 43.6 Å². The predicted molar refractivity (Wildman–Crippen MR) is 104 cm³/mol. The lowest BCUT2D eigenvalue weighted by Gasteiger charge is -2.25. The summed E-state index contributed by atoms with van der Waals surface area (Å²) in [5.41, 5.74) is 0. The van der Waals surface area contributed by atoms with E-state index in [0.29, 0.717) is 18.3 Å². The van der Waals surface area contributed by atoms with Crippen molar-refractivity contribution in [2.24, 2.45) is 4.99 Å². The van der Waals surface area contributed by atoms with Gasteiger partial charge in [-0.2, -0.15) is 0 Å². The first-order chi connectivity index (χ1) is 12.3. The summed E-state index contributed by atoms with van der Waals surface area (Å²) >= 11 is 0. The lowest BCUT2D eigenvalue weighted by atomic mass is 10.2. The van der Waals surface area contributed by atoms with Crippen molar-refractivity contribution < 1.29 is 4.21 Å². The molecule has 2 heterocycles. The lowest BCUT2D eigenvalue weighted by Crippen LogP contribution is -2.43. The van der Waals surface area contributed by atoms with Crippen molar-refractivity contribution in [1.29, 1.82) is 0 Å². The van der Waals surface area contributed by atoms with Gasteiger partial charge in [-0.1, -0.05) is 30.4 Å². The van der Waals surface area contributed by atoms with Crippen LogP contribution in [0.1, 0.15) is 13.3 Å². The molecule has 1 aromatic rings. The van der Waals surface area contributed by atoms with Crippen molar-refractivity contribution in [1.82, 2.24) is 15.1 Å². The molecule has 2 unspecified atom stereocenters. The normalized spacial score (nSPS) is 22.5.